The van der Waals surface area contributed by atoms with Crippen LogP contribution >= 0.6 is 11.8 Å². The van der Waals surface area contributed by atoms with E-state index < -0.39 is 0 Å². The van der Waals surface area contributed by atoms with Gasteiger partial charge in [-0.3, -0.25) is 4.99 Å². The summed E-state index contributed by atoms with van der Waals surface area (Å²) in [5.74, 6) is 1.05. The molecule has 2 atom stereocenters. The average molecular weight is 300 g/mol. The van der Waals surface area contributed by atoms with Gasteiger partial charge in [-0.25, -0.2) is 0 Å². The van der Waals surface area contributed by atoms with E-state index in [1.54, 1.807) is 6.26 Å². The summed E-state index contributed by atoms with van der Waals surface area (Å²) in [5, 5.41) is 5.03. The summed E-state index contributed by atoms with van der Waals surface area (Å²) in [6, 6.07) is 15.0. The fourth-order valence-electron chi connectivity index (χ4n) is 2.39. The molecule has 1 aromatic heterocycles. The van der Waals surface area contributed by atoms with Gasteiger partial charge < -0.3 is 9.73 Å². The van der Waals surface area contributed by atoms with Crippen molar-refractivity contribution in [1.29, 1.82) is 0 Å². The van der Waals surface area contributed by atoms with E-state index in [9.17, 15) is 0 Å². The van der Waals surface area contributed by atoms with Crippen LogP contribution < -0.4 is 5.32 Å². The van der Waals surface area contributed by atoms with Gasteiger partial charge in [0.05, 0.1) is 18.1 Å². The fourth-order valence-corrected chi connectivity index (χ4v) is 3.52. The molecular weight excluding hydrogens is 280 g/mol. The van der Waals surface area contributed by atoms with Crippen molar-refractivity contribution >= 4 is 16.9 Å². The Labute approximate surface area is 129 Å². The predicted molar refractivity (Wildman–Crippen MR) is 88.7 cm³/mol. The number of nitrogens with zero attached hydrogens (tertiary/aromatic N) is 1. The molecule has 1 aromatic carbocycles. The van der Waals surface area contributed by atoms with Crippen molar-refractivity contribution in [2.75, 3.05) is 6.54 Å². The van der Waals surface area contributed by atoms with Crippen molar-refractivity contribution in [3.8, 4) is 0 Å². The highest BCUT2D eigenvalue weighted by Crippen LogP contribution is 2.34. The maximum atomic E-state index is 5.37. The van der Waals surface area contributed by atoms with Crippen LogP contribution in [0.2, 0.25) is 0 Å². The van der Waals surface area contributed by atoms with E-state index in [0.717, 1.165) is 30.3 Å². The smallest absolute Gasteiger partial charge is 0.157 e. The summed E-state index contributed by atoms with van der Waals surface area (Å²) in [6.07, 6.45) is 3.74. The van der Waals surface area contributed by atoms with Gasteiger partial charge in [-0.05, 0) is 31.0 Å². The average Bonchev–Trinajstić information content (AvgIpc) is 3.17. The first-order chi connectivity index (χ1) is 10.3. The number of furan rings is 1. The number of hydrogen-bond donors (Lipinski definition) is 1. The van der Waals surface area contributed by atoms with Gasteiger partial charge in [-0.1, -0.05) is 42.1 Å². The number of nitrogens with one attached hydrogen (secondary N) is 1. The summed E-state index contributed by atoms with van der Waals surface area (Å²) in [7, 11) is 0. The van der Waals surface area contributed by atoms with Crippen LogP contribution in [0.5, 0.6) is 0 Å². The molecule has 0 aliphatic carbocycles. The standard InChI is InChI=1S/C17H20N2OS/c1-13(9-10-15-8-5-11-20-15)19-17-18-12-16(21-17)14-6-3-2-4-7-14/h2-8,11,13,16H,9-10,12H2,1H3,(H,18,19). The lowest BCUT2D eigenvalue weighted by atomic mass is 10.1. The largest absolute Gasteiger partial charge is 0.469 e. The minimum atomic E-state index is 0.399. The second-order valence-electron chi connectivity index (χ2n) is 5.33. The lowest BCUT2D eigenvalue weighted by molar-refractivity contribution is 0.483. The lowest BCUT2D eigenvalue weighted by Crippen LogP contribution is -2.30. The maximum Gasteiger partial charge on any atom is 0.157 e. The molecule has 0 bridgehead atoms. The molecule has 1 aliphatic rings. The zero-order chi connectivity index (χ0) is 14.5. The Bertz CT molecular complexity index is 580. The van der Waals surface area contributed by atoms with Crippen LogP contribution in [0.1, 0.15) is 29.9 Å². The molecule has 110 valence electrons. The molecule has 0 saturated carbocycles. The molecule has 3 rings (SSSR count). The summed E-state index contributed by atoms with van der Waals surface area (Å²) < 4.78 is 5.37. The quantitative estimate of drug-likeness (QED) is 0.905. The Kier molecular flexibility index (Phi) is 4.65. The second-order valence-corrected chi connectivity index (χ2v) is 6.52. The third kappa shape index (κ3) is 3.91. The highest BCUT2D eigenvalue weighted by atomic mass is 32.2. The van der Waals surface area contributed by atoms with Crippen molar-refractivity contribution in [2.24, 2.45) is 4.99 Å². The first-order valence-electron chi connectivity index (χ1n) is 7.36. The van der Waals surface area contributed by atoms with Crippen LogP contribution in [-0.2, 0) is 6.42 Å². The summed E-state index contributed by atoms with van der Waals surface area (Å²) in [6.45, 7) is 3.06. The van der Waals surface area contributed by atoms with Crippen molar-refractivity contribution in [3.63, 3.8) is 0 Å². The number of aryl methyl sites for hydroxylation is 1. The molecule has 4 heteroatoms. The number of aliphatic imine (C=N–C) groups is 1. The van der Waals surface area contributed by atoms with E-state index in [2.05, 4.69) is 47.6 Å². The summed E-state index contributed by atoms with van der Waals surface area (Å²) in [4.78, 5) is 4.62. The zero-order valence-corrected chi connectivity index (χ0v) is 13.0. The van der Waals surface area contributed by atoms with Gasteiger partial charge in [0, 0.05) is 12.5 Å². The topological polar surface area (TPSA) is 37.5 Å². The van der Waals surface area contributed by atoms with E-state index in [4.69, 9.17) is 4.42 Å². The van der Waals surface area contributed by atoms with Crippen LogP contribution in [0, 0.1) is 0 Å². The van der Waals surface area contributed by atoms with Crippen molar-refractivity contribution in [3.05, 3.63) is 60.1 Å². The lowest BCUT2D eigenvalue weighted by Gasteiger charge is -2.15. The van der Waals surface area contributed by atoms with E-state index in [0.29, 0.717) is 11.3 Å². The van der Waals surface area contributed by atoms with Crippen molar-refractivity contribution in [2.45, 2.75) is 31.1 Å². The van der Waals surface area contributed by atoms with Gasteiger partial charge in [0.25, 0.3) is 0 Å². The van der Waals surface area contributed by atoms with Crippen LogP contribution in [0.4, 0.5) is 0 Å². The summed E-state index contributed by atoms with van der Waals surface area (Å²) >= 11 is 1.83. The highest BCUT2D eigenvalue weighted by Gasteiger charge is 2.21. The molecule has 0 saturated heterocycles. The highest BCUT2D eigenvalue weighted by molar-refractivity contribution is 8.14. The van der Waals surface area contributed by atoms with E-state index in [1.165, 1.54) is 5.56 Å². The molecule has 1 N–H and O–H groups in total. The van der Waals surface area contributed by atoms with Crippen LogP contribution in [0.25, 0.3) is 0 Å². The van der Waals surface area contributed by atoms with E-state index >= 15 is 0 Å². The minimum Gasteiger partial charge on any atom is -0.469 e. The van der Waals surface area contributed by atoms with Gasteiger partial charge in [-0.2, -0.15) is 0 Å². The second kappa shape index (κ2) is 6.85. The van der Waals surface area contributed by atoms with Crippen LogP contribution in [0.3, 0.4) is 0 Å². The van der Waals surface area contributed by atoms with Crippen LogP contribution in [0.15, 0.2) is 58.1 Å². The predicted octanol–water partition coefficient (Wildman–Crippen LogP) is 4.03. The fraction of sp³-hybridized carbons (Fsp3) is 0.353. The molecule has 0 radical (unpaired) electrons. The number of benzene rings is 1. The third-order valence-electron chi connectivity index (χ3n) is 3.60. The van der Waals surface area contributed by atoms with Gasteiger partial charge in [0.1, 0.15) is 5.76 Å². The molecule has 2 aromatic rings. The molecule has 0 amide bonds. The molecule has 0 spiro atoms. The van der Waals surface area contributed by atoms with Gasteiger partial charge in [-0.15, -0.1) is 0 Å². The zero-order valence-electron chi connectivity index (χ0n) is 12.2. The Morgan fingerprint density at radius 3 is 2.90 bits per heavy atom. The number of hydrogen-bond acceptors (Lipinski definition) is 4. The SMILES string of the molecule is CC(CCc1ccco1)NC1=NCC(c2ccccc2)S1. The molecule has 2 heterocycles. The number of amidine groups is 1. The molecular formula is C17H20N2OS. The number of rotatable bonds is 5. The molecule has 2 unspecified atom stereocenters. The molecule has 0 fully saturated rings. The van der Waals surface area contributed by atoms with Crippen LogP contribution in [-0.4, -0.2) is 17.8 Å². The Balaban J connectivity index is 1.46. The van der Waals surface area contributed by atoms with Crippen molar-refractivity contribution < 1.29 is 4.42 Å². The number of thioether (sulfide) groups is 1. The Morgan fingerprint density at radius 1 is 1.29 bits per heavy atom. The van der Waals surface area contributed by atoms with Gasteiger partial charge in [0.2, 0.25) is 0 Å². The first-order valence-corrected chi connectivity index (χ1v) is 8.24. The third-order valence-corrected chi connectivity index (χ3v) is 4.78. The Hall–Kier alpha value is -1.68. The summed E-state index contributed by atoms with van der Waals surface area (Å²) in [5.41, 5.74) is 1.35. The first kappa shape index (κ1) is 14.3. The normalized spacial score (nSPS) is 19.3. The van der Waals surface area contributed by atoms with Gasteiger partial charge in [0.15, 0.2) is 5.17 Å². The maximum absolute atomic E-state index is 5.37. The Morgan fingerprint density at radius 2 is 2.14 bits per heavy atom. The minimum absolute atomic E-state index is 0.399. The van der Waals surface area contributed by atoms with E-state index in [-0.39, 0.29) is 0 Å². The molecule has 1 aliphatic heterocycles. The van der Waals surface area contributed by atoms with E-state index in [1.807, 2.05) is 23.9 Å². The molecule has 21 heavy (non-hydrogen) atoms. The van der Waals surface area contributed by atoms with Crippen molar-refractivity contribution in [1.82, 2.24) is 5.32 Å². The van der Waals surface area contributed by atoms with Gasteiger partial charge >= 0.3 is 0 Å². The molecule has 3 nitrogen and oxygen atoms in total. The monoisotopic (exact) mass is 300 g/mol.